The molecule has 3 atom stereocenters. The highest BCUT2D eigenvalue weighted by molar-refractivity contribution is 5.90. The number of allylic oxidation sites excluding steroid dienone is 1. The number of hydrogen-bond donors (Lipinski definition) is 1. The number of hydrogen-bond acceptors (Lipinski definition) is 7. The number of ether oxygens (including phenoxy) is 2. The van der Waals surface area contributed by atoms with Crippen LogP contribution in [0.15, 0.2) is 12.2 Å². The lowest BCUT2D eigenvalue weighted by atomic mass is 9.84. The highest BCUT2D eigenvalue weighted by Crippen LogP contribution is 2.34. The number of nitrogens with zero attached hydrogens (tertiary/aromatic N) is 1. The van der Waals surface area contributed by atoms with Crippen LogP contribution in [0.25, 0.3) is 0 Å². The Morgan fingerprint density at radius 2 is 1.76 bits per heavy atom. The first-order valence-electron chi connectivity index (χ1n) is 11.9. The van der Waals surface area contributed by atoms with E-state index in [0.717, 1.165) is 25.8 Å². The van der Waals surface area contributed by atoms with Gasteiger partial charge in [0, 0.05) is 45.7 Å². The minimum absolute atomic E-state index is 0.0856. The second-order valence-corrected chi connectivity index (χ2v) is 9.65. The van der Waals surface area contributed by atoms with E-state index in [1.54, 1.807) is 19.9 Å². The molecule has 1 saturated carbocycles. The quantitative estimate of drug-likeness (QED) is 0.602. The fraction of sp³-hybridized carbons (Fsp3) is 0.720. The molecule has 1 N–H and O–H groups in total. The topological polar surface area (TPSA) is 119 Å². The van der Waals surface area contributed by atoms with Crippen LogP contribution in [0.3, 0.4) is 0 Å². The summed E-state index contributed by atoms with van der Waals surface area (Å²) in [6.45, 7) is 11.5. The average Bonchev–Trinajstić information content (AvgIpc) is 3.12. The van der Waals surface area contributed by atoms with Crippen molar-refractivity contribution in [1.82, 2.24) is 10.2 Å². The molecular weight excluding hydrogens is 440 g/mol. The number of nitrogens with one attached hydrogen (secondary N) is 1. The SMILES string of the molecule is CC(=O)N1CC[C@H]2CCC(=O)C[C@H]21.CC(C)(C)OC(=O)N[C@@H]1C=CC(=O)CC1.CCOC(C)=O. The zero-order valence-electron chi connectivity index (χ0n) is 21.3. The van der Waals surface area contributed by atoms with Crippen molar-refractivity contribution in [3.63, 3.8) is 0 Å². The van der Waals surface area contributed by atoms with E-state index in [-0.39, 0.29) is 29.7 Å². The van der Waals surface area contributed by atoms with E-state index < -0.39 is 11.7 Å². The molecule has 0 aromatic rings. The molecular formula is C25H40N2O7. The van der Waals surface area contributed by atoms with Crippen LogP contribution in [0.5, 0.6) is 0 Å². The van der Waals surface area contributed by atoms with E-state index in [0.29, 0.717) is 37.6 Å². The zero-order chi connectivity index (χ0) is 25.9. The van der Waals surface area contributed by atoms with E-state index in [4.69, 9.17) is 4.74 Å². The van der Waals surface area contributed by atoms with E-state index in [9.17, 15) is 24.0 Å². The Morgan fingerprint density at radius 1 is 1.09 bits per heavy atom. The lowest BCUT2D eigenvalue weighted by molar-refractivity contribution is -0.140. The summed E-state index contributed by atoms with van der Waals surface area (Å²) in [5, 5.41) is 2.70. The Morgan fingerprint density at radius 3 is 2.24 bits per heavy atom. The number of amides is 2. The Kier molecular flexibility index (Phi) is 12.0. The van der Waals surface area contributed by atoms with Gasteiger partial charge in [-0.15, -0.1) is 0 Å². The maximum absolute atomic E-state index is 11.4. The predicted molar refractivity (Wildman–Crippen MR) is 127 cm³/mol. The number of fused-ring (bicyclic) bond motifs is 1. The van der Waals surface area contributed by atoms with Gasteiger partial charge in [0.2, 0.25) is 5.91 Å². The van der Waals surface area contributed by atoms with Crippen LogP contribution >= 0.6 is 0 Å². The van der Waals surface area contributed by atoms with Crippen LogP contribution < -0.4 is 5.32 Å². The molecule has 2 amide bonds. The molecule has 0 spiro atoms. The van der Waals surface area contributed by atoms with E-state index in [1.807, 2.05) is 25.7 Å². The largest absolute Gasteiger partial charge is 0.466 e. The van der Waals surface area contributed by atoms with Gasteiger partial charge in [-0.3, -0.25) is 19.2 Å². The lowest BCUT2D eigenvalue weighted by Crippen LogP contribution is -2.40. The molecule has 3 aliphatic rings. The number of ketones is 2. The first kappa shape index (κ1) is 29.3. The molecule has 3 rings (SSSR count). The molecule has 1 saturated heterocycles. The van der Waals surface area contributed by atoms with Gasteiger partial charge in [0.05, 0.1) is 12.6 Å². The number of esters is 1. The summed E-state index contributed by atoms with van der Waals surface area (Å²) in [5.41, 5.74) is -0.488. The molecule has 9 nitrogen and oxygen atoms in total. The fourth-order valence-corrected chi connectivity index (χ4v) is 4.09. The summed E-state index contributed by atoms with van der Waals surface area (Å²) >= 11 is 0. The molecule has 0 unspecified atom stereocenters. The first-order valence-corrected chi connectivity index (χ1v) is 11.9. The summed E-state index contributed by atoms with van der Waals surface area (Å²) in [7, 11) is 0. The van der Waals surface area contributed by atoms with Gasteiger partial charge >= 0.3 is 12.1 Å². The van der Waals surface area contributed by atoms with Crippen LogP contribution in [0.2, 0.25) is 0 Å². The molecule has 0 bridgehead atoms. The summed E-state index contributed by atoms with van der Waals surface area (Å²) < 4.78 is 9.50. The monoisotopic (exact) mass is 480 g/mol. The molecule has 2 fully saturated rings. The fourth-order valence-electron chi connectivity index (χ4n) is 4.09. The normalized spacial score (nSPS) is 23.5. The number of carbonyl (C=O) groups is 5. The molecule has 0 aromatic heterocycles. The summed E-state index contributed by atoms with van der Waals surface area (Å²) in [5.74, 6) is 0.952. The van der Waals surface area contributed by atoms with Crippen molar-refractivity contribution >= 4 is 29.5 Å². The van der Waals surface area contributed by atoms with E-state index in [1.165, 1.54) is 13.0 Å². The second-order valence-electron chi connectivity index (χ2n) is 9.65. The minimum Gasteiger partial charge on any atom is -0.466 e. The van der Waals surface area contributed by atoms with Gasteiger partial charge in [0.1, 0.15) is 11.4 Å². The van der Waals surface area contributed by atoms with Gasteiger partial charge in [0.15, 0.2) is 5.78 Å². The van der Waals surface area contributed by atoms with Crippen LogP contribution in [-0.2, 0) is 28.7 Å². The van der Waals surface area contributed by atoms with E-state index in [2.05, 4.69) is 10.1 Å². The maximum Gasteiger partial charge on any atom is 0.408 e. The van der Waals surface area contributed by atoms with Gasteiger partial charge < -0.3 is 19.7 Å². The molecule has 1 heterocycles. The molecule has 192 valence electrons. The van der Waals surface area contributed by atoms with Gasteiger partial charge in [0.25, 0.3) is 0 Å². The highest BCUT2D eigenvalue weighted by atomic mass is 16.6. The van der Waals surface area contributed by atoms with Crippen molar-refractivity contribution in [3.8, 4) is 0 Å². The van der Waals surface area contributed by atoms with Crippen molar-refractivity contribution in [2.24, 2.45) is 5.92 Å². The van der Waals surface area contributed by atoms with Crippen LogP contribution in [0, 0.1) is 5.92 Å². The van der Waals surface area contributed by atoms with Gasteiger partial charge in [-0.25, -0.2) is 4.79 Å². The van der Waals surface area contributed by atoms with Crippen molar-refractivity contribution in [2.45, 2.75) is 97.8 Å². The number of Topliss-reactive ketones (excluding diaryl/α,β-unsaturated/α-hetero) is 1. The van der Waals surface area contributed by atoms with Gasteiger partial charge in [-0.2, -0.15) is 0 Å². The molecule has 9 heteroatoms. The van der Waals surface area contributed by atoms with Crippen molar-refractivity contribution in [1.29, 1.82) is 0 Å². The summed E-state index contributed by atoms with van der Waals surface area (Å²) in [6, 6.07) is 0.149. The third-order valence-electron chi connectivity index (χ3n) is 5.59. The molecule has 34 heavy (non-hydrogen) atoms. The Labute approximate surface area is 202 Å². The zero-order valence-corrected chi connectivity index (χ0v) is 21.3. The lowest BCUT2D eigenvalue weighted by Gasteiger charge is -2.30. The average molecular weight is 481 g/mol. The Bertz CT molecular complexity index is 770. The summed E-state index contributed by atoms with van der Waals surface area (Å²) in [6.07, 6.45) is 7.32. The second kappa shape index (κ2) is 13.9. The molecule has 0 radical (unpaired) electrons. The Balaban J connectivity index is 0.000000278. The molecule has 0 aromatic carbocycles. The predicted octanol–water partition coefficient (Wildman–Crippen LogP) is 3.34. The van der Waals surface area contributed by atoms with Crippen LogP contribution in [0.4, 0.5) is 4.79 Å². The highest BCUT2D eigenvalue weighted by Gasteiger charge is 2.39. The minimum atomic E-state index is -0.488. The molecule has 1 aliphatic heterocycles. The number of likely N-dealkylation sites (tertiary alicyclic amines) is 1. The summed E-state index contributed by atoms with van der Waals surface area (Å²) in [4.78, 5) is 56.4. The number of alkyl carbamates (subject to hydrolysis) is 1. The van der Waals surface area contributed by atoms with Crippen molar-refractivity contribution < 1.29 is 33.4 Å². The standard InChI is InChI=1S/C11H17NO3.C10H15NO2.C4H8O2/c1-11(2,3)15-10(14)12-8-4-6-9(13)7-5-8;1-7(12)11-5-4-8-2-3-9(13)6-10(8)11;1-3-6-4(2)5/h4,6,8H,5,7H2,1-3H3,(H,12,14);8,10H,2-6H2,1H3;3H2,1-2H3/t8-;8-,10-;/m11./s1. The van der Waals surface area contributed by atoms with Crippen LogP contribution in [0.1, 0.15) is 80.1 Å². The van der Waals surface area contributed by atoms with Crippen LogP contribution in [-0.4, -0.2) is 65.3 Å². The van der Waals surface area contributed by atoms with Gasteiger partial charge in [-0.1, -0.05) is 6.08 Å². The van der Waals surface area contributed by atoms with Crippen molar-refractivity contribution in [3.05, 3.63) is 12.2 Å². The number of rotatable bonds is 2. The molecule has 2 aliphatic carbocycles. The van der Waals surface area contributed by atoms with Gasteiger partial charge in [-0.05, 0) is 59.0 Å². The third kappa shape index (κ3) is 11.4. The maximum atomic E-state index is 11.4. The van der Waals surface area contributed by atoms with E-state index >= 15 is 0 Å². The Hall–Kier alpha value is -2.71. The smallest absolute Gasteiger partial charge is 0.408 e. The number of carbonyl (C=O) groups excluding carboxylic acids is 5. The third-order valence-corrected chi connectivity index (χ3v) is 5.59. The first-order chi connectivity index (χ1) is 15.8. The van der Waals surface area contributed by atoms with Crippen molar-refractivity contribution in [2.75, 3.05) is 13.2 Å².